The normalized spacial score (nSPS) is 13.1. The van der Waals surface area contributed by atoms with Crippen LogP contribution < -0.4 is 4.90 Å². The molecule has 0 aliphatic rings. The van der Waals surface area contributed by atoms with Gasteiger partial charge in [0.25, 0.3) is 0 Å². The molecule has 0 radical (unpaired) electrons. The van der Waals surface area contributed by atoms with E-state index in [4.69, 9.17) is 5.26 Å². The van der Waals surface area contributed by atoms with E-state index in [0.29, 0.717) is 13.1 Å². The number of anilines is 1. The summed E-state index contributed by atoms with van der Waals surface area (Å²) in [6, 6.07) is 3.87. The second kappa shape index (κ2) is 6.76. The number of alkyl halides is 3. The SMILES string of the molecule is CCN(c1nc(C(F)(F)F)ccc1C#N)C(C)CN(C)C. The van der Waals surface area contributed by atoms with Crippen molar-refractivity contribution in [1.82, 2.24) is 9.88 Å². The first-order chi connectivity index (χ1) is 9.70. The Hall–Kier alpha value is -1.81. The number of hydrogen-bond donors (Lipinski definition) is 0. The lowest BCUT2D eigenvalue weighted by Crippen LogP contribution is -2.41. The van der Waals surface area contributed by atoms with Crippen molar-refractivity contribution in [3.05, 3.63) is 23.4 Å². The third-order valence-electron chi connectivity index (χ3n) is 3.06. The maximum Gasteiger partial charge on any atom is 0.433 e. The smallest absolute Gasteiger partial charge is 0.352 e. The minimum absolute atomic E-state index is 0.0620. The van der Waals surface area contributed by atoms with Gasteiger partial charge in [-0.1, -0.05) is 0 Å². The van der Waals surface area contributed by atoms with Gasteiger partial charge in [-0.15, -0.1) is 0 Å². The van der Waals surface area contributed by atoms with Gasteiger partial charge in [0, 0.05) is 19.1 Å². The van der Waals surface area contributed by atoms with E-state index in [9.17, 15) is 13.2 Å². The van der Waals surface area contributed by atoms with Crippen LogP contribution in [0.3, 0.4) is 0 Å². The topological polar surface area (TPSA) is 43.2 Å². The van der Waals surface area contributed by atoms with Crippen LogP contribution in [0.15, 0.2) is 12.1 Å². The molecule has 1 aromatic heterocycles. The molecule has 1 unspecified atom stereocenters. The minimum Gasteiger partial charge on any atom is -0.352 e. The van der Waals surface area contributed by atoms with E-state index < -0.39 is 11.9 Å². The summed E-state index contributed by atoms with van der Waals surface area (Å²) in [5.74, 6) is 0.0872. The minimum atomic E-state index is -4.52. The van der Waals surface area contributed by atoms with Gasteiger partial charge in [-0.05, 0) is 40.1 Å². The summed E-state index contributed by atoms with van der Waals surface area (Å²) in [5, 5.41) is 9.11. The molecule has 1 rings (SSSR count). The summed E-state index contributed by atoms with van der Waals surface area (Å²) in [7, 11) is 3.77. The molecule has 1 aromatic rings. The molecule has 0 bridgehead atoms. The van der Waals surface area contributed by atoms with Crippen LogP contribution in [0, 0.1) is 11.3 Å². The Morgan fingerprint density at radius 2 is 1.95 bits per heavy atom. The highest BCUT2D eigenvalue weighted by molar-refractivity contribution is 5.55. The van der Waals surface area contributed by atoms with Crippen molar-refractivity contribution in [2.45, 2.75) is 26.1 Å². The Morgan fingerprint density at radius 3 is 2.38 bits per heavy atom. The molecule has 1 atom stereocenters. The van der Waals surface area contributed by atoms with Gasteiger partial charge in [0.15, 0.2) is 0 Å². The third kappa shape index (κ3) is 4.33. The number of nitrogens with zero attached hydrogens (tertiary/aromatic N) is 4. The molecule has 21 heavy (non-hydrogen) atoms. The van der Waals surface area contributed by atoms with Crippen LogP contribution in [0.2, 0.25) is 0 Å². The number of halogens is 3. The van der Waals surface area contributed by atoms with Crippen LogP contribution in [0.5, 0.6) is 0 Å². The van der Waals surface area contributed by atoms with Gasteiger partial charge in [-0.3, -0.25) is 0 Å². The maximum absolute atomic E-state index is 12.8. The molecular weight excluding hydrogens is 281 g/mol. The summed E-state index contributed by atoms with van der Waals surface area (Å²) in [6.45, 7) is 4.84. The first kappa shape index (κ1) is 17.2. The number of rotatable bonds is 5. The van der Waals surface area contributed by atoms with Crippen molar-refractivity contribution in [2.75, 3.05) is 32.1 Å². The second-order valence-electron chi connectivity index (χ2n) is 5.07. The molecule has 0 spiro atoms. The number of nitriles is 1. The molecule has 4 nitrogen and oxygen atoms in total. The van der Waals surface area contributed by atoms with E-state index in [-0.39, 0.29) is 17.4 Å². The van der Waals surface area contributed by atoms with Crippen molar-refractivity contribution >= 4 is 5.82 Å². The van der Waals surface area contributed by atoms with Crippen LogP contribution in [0.1, 0.15) is 25.1 Å². The number of hydrogen-bond acceptors (Lipinski definition) is 4. The Morgan fingerprint density at radius 1 is 1.33 bits per heavy atom. The van der Waals surface area contributed by atoms with Gasteiger partial charge in [0.05, 0.1) is 5.56 Å². The average Bonchev–Trinajstić information content (AvgIpc) is 2.37. The Bertz CT molecular complexity index is 520. The predicted octanol–water partition coefficient (Wildman–Crippen LogP) is 2.75. The fraction of sp³-hybridized carbons (Fsp3) is 0.571. The van der Waals surface area contributed by atoms with Crippen molar-refractivity contribution in [1.29, 1.82) is 5.26 Å². The van der Waals surface area contributed by atoms with E-state index >= 15 is 0 Å². The van der Waals surface area contributed by atoms with Crippen LogP contribution >= 0.6 is 0 Å². The predicted molar refractivity (Wildman–Crippen MR) is 75.0 cm³/mol. The quantitative estimate of drug-likeness (QED) is 0.838. The lowest BCUT2D eigenvalue weighted by molar-refractivity contribution is -0.141. The van der Waals surface area contributed by atoms with Crippen LogP contribution in [0.4, 0.5) is 19.0 Å². The van der Waals surface area contributed by atoms with Crippen LogP contribution in [-0.2, 0) is 6.18 Å². The fourth-order valence-electron chi connectivity index (χ4n) is 2.21. The highest BCUT2D eigenvalue weighted by atomic mass is 19.4. The lowest BCUT2D eigenvalue weighted by atomic mass is 10.2. The summed E-state index contributed by atoms with van der Waals surface area (Å²) in [5.41, 5.74) is -0.831. The van der Waals surface area contributed by atoms with Gasteiger partial charge in [0.2, 0.25) is 0 Å². The van der Waals surface area contributed by atoms with Crippen molar-refractivity contribution in [3.8, 4) is 6.07 Å². The highest BCUT2D eigenvalue weighted by Crippen LogP contribution is 2.30. The maximum atomic E-state index is 12.8. The van der Waals surface area contributed by atoms with Gasteiger partial charge < -0.3 is 9.80 Å². The molecule has 0 N–H and O–H groups in total. The number of aromatic nitrogens is 1. The summed E-state index contributed by atoms with van der Waals surface area (Å²) < 4.78 is 38.4. The zero-order chi connectivity index (χ0) is 16.2. The van der Waals surface area contributed by atoms with Crippen LogP contribution in [-0.4, -0.2) is 43.1 Å². The summed E-state index contributed by atoms with van der Waals surface area (Å²) in [4.78, 5) is 7.33. The van der Waals surface area contributed by atoms with Crippen molar-refractivity contribution < 1.29 is 13.2 Å². The van der Waals surface area contributed by atoms with Gasteiger partial charge >= 0.3 is 6.18 Å². The molecule has 0 aliphatic heterocycles. The van der Waals surface area contributed by atoms with Gasteiger partial charge in [0.1, 0.15) is 17.6 Å². The highest BCUT2D eigenvalue weighted by Gasteiger charge is 2.34. The van der Waals surface area contributed by atoms with E-state index in [1.807, 2.05) is 38.9 Å². The molecule has 0 saturated carbocycles. The Balaban J connectivity index is 3.27. The fourth-order valence-corrected chi connectivity index (χ4v) is 2.21. The average molecular weight is 300 g/mol. The standard InChI is InChI=1S/C14H19F3N4/c1-5-21(10(2)9-20(3)4)13-11(8-18)6-7-12(19-13)14(15,16)17/h6-7,10H,5,9H2,1-4H3. The molecule has 116 valence electrons. The molecule has 7 heteroatoms. The molecule has 0 saturated heterocycles. The van der Waals surface area contributed by atoms with Crippen molar-refractivity contribution in [3.63, 3.8) is 0 Å². The molecule has 0 fully saturated rings. The van der Waals surface area contributed by atoms with E-state index in [1.54, 1.807) is 4.90 Å². The Labute approximate surface area is 122 Å². The molecule has 0 aromatic carbocycles. The molecule has 0 amide bonds. The molecular formula is C14H19F3N4. The number of likely N-dealkylation sites (N-methyl/N-ethyl adjacent to an activating group) is 2. The first-order valence-electron chi connectivity index (χ1n) is 6.60. The van der Waals surface area contributed by atoms with E-state index in [1.165, 1.54) is 6.07 Å². The third-order valence-corrected chi connectivity index (χ3v) is 3.06. The largest absolute Gasteiger partial charge is 0.433 e. The first-order valence-corrected chi connectivity index (χ1v) is 6.60. The van der Waals surface area contributed by atoms with Gasteiger partial charge in [-0.25, -0.2) is 4.98 Å². The lowest BCUT2D eigenvalue weighted by Gasteiger charge is -2.32. The molecule has 0 aliphatic carbocycles. The molecule has 1 heterocycles. The second-order valence-corrected chi connectivity index (χ2v) is 5.07. The van der Waals surface area contributed by atoms with Crippen molar-refractivity contribution in [2.24, 2.45) is 0 Å². The monoisotopic (exact) mass is 300 g/mol. The van der Waals surface area contributed by atoms with Gasteiger partial charge in [-0.2, -0.15) is 18.4 Å². The van der Waals surface area contributed by atoms with E-state index in [2.05, 4.69) is 4.98 Å². The van der Waals surface area contributed by atoms with E-state index in [0.717, 1.165) is 6.07 Å². The van der Waals surface area contributed by atoms with Crippen LogP contribution in [0.25, 0.3) is 0 Å². The summed E-state index contributed by atoms with van der Waals surface area (Å²) in [6.07, 6.45) is -4.52. The number of pyridine rings is 1. The zero-order valence-corrected chi connectivity index (χ0v) is 12.6. The summed E-state index contributed by atoms with van der Waals surface area (Å²) >= 11 is 0. The zero-order valence-electron chi connectivity index (χ0n) is 12.6. The Kier molecular flexibility index (Phi) is 5.55.